The lowest BCUT2D eigenvalue weighted by atomic mass is 10.4. The summed E-state index contributed by atoms with van der Waals surface area (Å²) in [4.78, 5) is 14.7. The first kappa shape index (κ1) is 14.5. The van der Waals surface area contributed by atoms with Gasteiger partial charge in [-0.15, -0.1) is 0 Å². The van der Waals surface area contributed by atoms with E-state index < -0.39 is 10.0 Å². The van der Waals surface area contributed by atoms with Crippen LogP contribution in [0.2, 0.25) is 0 Å². The topological polar surface area (TPSA) is 97.3 Å². The molecule has 2 fully saturated rings. The van der Waals surface area contributed by atoms with Crippen molar-refractivity contribution in [3.63, 3.8) is 0 Å². The van der Waals surface area contributed by atoms with E-state index in [2.05, 4.69) is 24.6 Å². The molecule has 1 aliphatic heterocycles. The summed E-state index contributed by atoms with van der Waals surface area (Å²) in [5, 5.41) is -0.251. The van der Waals surface area contributed by atoms with E-state index in [9.17, 15) is 8.42 Å². The largest absolute Gasteiger partial charge is 0.467 e. The van der Waals surface area contributed by atoms with Gasteiger partial charge < -0.3 is 9.64 Å². The number of ether oxygens (including phenoxy) is 1. The minimum atomic E-state index is -3.24. The Hall–Kier alpha value is -1.48. The van der Waals surface area contributed by atoms with Crippen LogP contribution in [-0.2, 0) is 16.6 Å². The minimum Gasteiger partial charge on any atom is -0.467 e. The first-order valence-corrected chi connectivity index (χ1v) is 8.65. The number of anilines is 1. The highest BCUT2D eigenvalue weighted by atomic mass is 32.2. The van der Waals surface area contributed by atoms with Crippen LogP contribution < -0.4 is 14.4 Å². The zero-order chi connectivity index (χ0) is 14.9. The molecule has 2 heterocycles. The maximum absolute atomic E-state index is 11.8. The number of nitrogens with one attached hydrogen (secondary N) is 1. The Balaban J connectivity index is 1.75. The molecule has 0 bridgehead atoms. The Labute approximate surface area is 124 Å². The Kier molecular flexibility index (Phi) is 3.94. The second kappa shape index (κ2) is 5.72. The second-order valence-corrected chi connectivity index (χ2v) is 7.34. The van der Waals surface area contributed by atoms with Crippen molar-refractivity contribution in [1.29, 1.82) is 0 Å². The van der Waals surface area contributed by atoms with E-state index in [4.69, 9.17) is 4.74 Å². The average molecular weight is 313 g/mol. The van der Waals surface area contributed by atoms with Crippen molar-refractivity contribution in [2.24, 2.45) is 0 Å². The van der Waals surface area contributed by atoms with Gasteiger partial charge >= 0.3 is 6.01 Å². The van der Waals surface area contributed by atoms with Crippen LogP contribution in [0.5, 0.6) is 6.01 Å². The summed E-state index contributed by atoms with van der Waals surface area (Å²) in [6.07, 6.45) is 3.68. The molecule has 1 N–H and O–H groups in total. The van der Waals surface area contributed by atoms with Crippen LogP contribution in [0.4, 0.5) is 5.95 Å². The van der Waals surface area contributed by atoms with Crippen molar-refractivity contribution in [2.75, 3.05) is 25.1 Å². The summed E-state index contributed by atoms with van der Waals surface area (Å²) < 4.78 is 31.3. The highest BCUT2D eigenvalue weighted by molar-refractivity contribution is 7.90. The molecule has 0 atom stereocenters. The van der Waals surface area contributed by atoms with E-state index in [0.29, 0.717) is 11.8 Å². The molecule has 21 heavy (non-hydrogen) atoms. The van der Waals surface area contributed by atoms with Crippen molar-refractivity contribution in [3.8, 4) is 6.01 Å². The molecular formula is C12H19N5O3S. The van der Waals surface area contributed by atoms with Gasteiger partial charge in [0.15, 0.2) is 5.82 Å². The van der Waals surface area contributed by atoms with Crippen molar-refractivity contribution in [2.45, 2.75) is 37.5 Å². The van der Waals surface area contributed by atoms with E-state index >= 15 is 0 Å². The molecule has 0 unspecified atom stereocenters. The fourth-order valence-corrected chi connectivity index (χ4v) is 3.60. The highest BCUT2D eigenvalue weighted by Gasteiger charge is 2.35. The number of nitrogens with zero attached hydrogens (tertiary/aromatic N) is 4. The maximum Gasteiger partial charge on any atom is 0.321 e. The molecule has 116 valence electrons. The number of methoxy groups -OCH3 is 1. The summed E-state index contributed by atoms with van der Waals surface area (Å²) in [7, 11) is -1.75. The molecular weight excluding hydrogens is 294 g/mol. The quantitative estimate of drug-likeness (QED) is 0.793. The molecule has 0 amide bonds. The van der Waals surface area contributed by atoms with Gasteiger partial charge in [-0.2, -0.15) is 15.0 Å². The van der Waals surface area contributed by atoms with Crippen LogP contribution in [0, 0.1) is 0 Å². The van der Waals surface area contributed by atoms with E-state index in [1.54, 1.807) is 0 Å². The van der Waals surface area contributed by atoms with Crippen LogP contribution in [0.25, 0.3) is 0 Å². The lowest BCUT2D eigenvalue weighted by Gasteiger charge is -2.16. The first-order valence-electron chi connectivity index (χ1n) is 7.11. The molecule has 2 aliphatic rings. The summed E-state index contributed by atoms with van der Waals surface area (Å²) in [6.45, 7) is 1.87. The molecule has 0 aromatic carbocycles. The maximum atomic E-state index is 11.8. The zero-order valence-corrected chi connectivity index (χ0v) is 12.8. The van der Waals surface area contributed by atoms with Gasteiger partial charge in [0.05, 0.1) is 18.9 Å². The number of hydrogen-bond acceptors (Lipinski definition) is 7. The van der Waals surface area contributed by atoms with Crippen LogP contribution in [0.15, 0.2) is 0 Å². The second-order valence-electron chi connectivity index (χ2n) is 5.30. The number of rotatable bonds is 6. The van der Waals surface area contributed by atoms with Crippen molar-refractivity contribution < 1.29 is 13.2 Å². The van der Waals surface area contributed by atoms with Gasteiger partial charge in [-0.05, 0) is 25.7 Å². The van der Waals surface area contributed by atoms with E-state index in [1.165, 1.54) is 7.11 Å². The molecule has 8 nitrogen and oxygen atoms in total. The Morgan fingerprint density at radius 3 is 2.57 bits per heavy atom. The molecule has 1 aromatic heterocycles. The fourth-order valence-electron chi connectivity index (χ4n) is 2.28. The molecule has 1 saturated carbocycles. The standard InChI is InChI=1S/C12H19N5O3S/c1-20-12-15-10(8-13-21(18,19)9-4-5-9)14-11(16-12)17-6-2-3-7-17/h9,13H,2-8H2,1H3. The minimum absolute atomic E-state index is 0.0680. The molecule has 1 aliphatic carbocycles. The Morgan fingerprint density at radius 1 is 1.24 bits per heavy atom. The van der Waals surface area contributed by atoms with Gasteiger partial charge in [-0.1, -0.05) is 0 Å². The van der Waals surface area contributed by atoms with Crippen molar-refractivity contribution >= 4 is 16.0 Å². The third-order valence-corrected chi connectivity index (χ3v) is 5.51. The third kappa shape index (κ3) is 3.41. The number of hydrogen-bond donors (Lipinski definition) is 1. The predicted molar refractivity (Wildman–Crippen MR) is 76.6 cm³/mol. The van der Waals surface area contributed by atoms with Crippen molar-refractivity contribution in [1.82, 2.24) is 19.7 Å². The summed E-state index contributed by atoms with van der Waals surface area (Å²) in [6, 6.07) is 0.215. The van der Waals surface area contributed by atoms with E-state index in [0.717, 1.165) is 38.8 Å². The van der Waals surface area contributed by atoms with Crippen LogP contribution in [0.1, 0.15) is 31.5 Å². The van der Waals surface area contributed by atoms with Gasteiger partial charge in [-0.25, -0.2) is 13.1 Å². The SMILES string of the molecule is COc1nc(CNS(=O)(=O)C2CC2)nc(N2CCCC2)n1. The number of sulfonamides is 1. The van der Waals surface area contributed by atoms with E-state index in [-0.39, 0.29) is 17.8 Å². The van der Waals surface area contributed by atoms with Gasteiger partial charge in [0, 0.05) is 13.1 Å². The Bertz CT molecular complexity index is 611. The first-order chi connectivity index (χ1) is 10.1. The summed E-state index contributed by atoms with van der Waals surface area (Å²) in [5.74, 6) is 0.938. The lowest BCUT2D eigenvalue weighted by molar-refractivity contribution is 0.375. The summed E-state index contributed by atoms with van der Waals surface area (Å²) >= 11 is 0. The van der Waals surface area contributed by atoms with E-state index in [1.807, 2.05) is 0 Å². The molecule has 0 spiro atoms. The Morgan fingerprint density at radius 2 is 1.95 bits per heavy atom. The predicted octanol–water partition coefficient (Wildman–Crippen LogP) is 0.0622. The lowest BCUT2D eigenvalue weighted by Crippen LogP contribution is -2.28. The third-order valence-electron chi connectivity index (χ3n) is 3.62. The fraction of sp³-hybridized carbons (Fsp3) is 0.750. The summed E-state index contributed by atoms with van der Waals surface area (Å²) in [5.41, 5.74) is 0. The molecule has 1 aromatic rings. The van der Waals surface area contributed by atoms with Crippen molar-refractivity contribution in [3.05, 3.63) is 5.82 Å². The average Bonchev–Trinajstić information content (AvgIpc) is 3.21. The smallest absolute Gasteiger partial charge is 0.321 e. The normalized spacial score (nSPS) is 19.0. The zero-order valence-electron chi connectivity index (χ0n) is 11.9. The molecule has 3 rings (SSSR count). The van der Waals surface area contributed by atoms with Gasteiger partial charge in [-0.3, -0.25) is 0 Å². The molecule has 9 heteroatoms. The van der Waals surface area contributed by atoms with Gasteiger partial charge in [0.25, 0.3) is 0 Å². The molecule has 0 radical (unpaired) electrons. The van der Waals surface area contributed by atoms with Crippen LogP contribution >= 0.6 is 0 Å². The van der Waals surface area contributed by atoms with Crippen LogP contribution in [-0.4, -0.2) is 48.8 Å². The van der Waals surface area contributed by atoms with Gasteiger partial charge in [0.2, 0.25) is 16.0 Å². The van der Waals surface area contributed by atoms with Gasteiger partial charge in [0.1, 0.15) is 0 Å². The highest BCUT2D eigenvalue weighted by Crippen LogP contribution is 2.27. The molecule has 1 saturated heterocycles. The monoisotopic (exact) mass is 313 g/mol. The van der Waals surface area contributed by atoms with Crippen LogP contribution in [0.3, 0.4) is 0 Å². The number of aromatic nitrogens is 3.